The van der Waals surface area contributed by atoms with Gasteiger partial charge in [-0.3, -0.25) is 0 Å². The first-order valence-electron chi connectivity index (χ1n) is 7.31. The fourth-order valence-electron chi connectivity index (χ4n) is 3.14. The van der Waals surface area contributed by atoms with Gasteiger partial charge >= 0.3 is 0 Å². The topological polar surface area (TPSA) is 32.3 Å². The highest BCUT2D eigenvalue weighted by atomic mass is 16.3. The van der Waals surface area contributed by atoms with Crippen molar-refractivity contribution < 1.29 is 5.11 Å². The molecule has 0 aliphatic heterocycles. The standard InChI is InChI=1S/C15H29NO/c1-14(2,3)13-6-4-12(5-7-13)10-16-15(11-17)8-9-15/h12-13,16-17H,4-11H2,1-3H3. The molecule has 0 atom stereocenters. The van der Waals surface area contributed by atoms with Crippen LogP contribution in [0.1, 0.15) is 59.3 Å². The molecular formula is C15H29NO. The van der Waals surface area contributed by atoms with Gasteiger partial charge in [-0.05, 0) is 62.3 Å². The Balaban J connectivity index is 1.69. The highest BCUT2D eigenvalue weighted by Gasteiger charge is 2.42. The first-order valence-corrected chi connectivity index (χ1v) is 7.31. The third-order valence-corrected chi connectivity index (χ3v) is 4.99. The average molecular weight is 239 g/mol. The maximum Gasteiger partial charge on any atom is 0.0613 e. The van der Waals surface area contributed by atoms with Gasteiger partial charge in [-0.25, -0.2) is 0 Å². The lowest BCUT2D eigenvalue weighted by atomic mass is 9.70. The van der Waals surface area contributed by atoms with E-state index >= 15 is 0 Å². The molecule has 0 bridgehead atoms. The van der Waals surface area contributed by atoms with Crippen molar-refractivity contribution in [1.29, 1.82) is 0 Å². The molecule has 0 radical (unpaired) electrons. The molecule has 2 aliphatic carbocycles. The summed E-state index contributed by atoms with van der Waals surface area (Å²) in [6.07, 6.45) is 7.86. The second-order valence-electron chi connectivity index (χ2n) is 7.40. The lowest BCUT2D eigenvalue weighted by Gasteiger charge is -2.37. The van der Waals surface area contributed by atoms with Gasteiger partial charge in [-0.1, -0.05) is 20.8 Å². The molecule has 0 aromatic rings. The lowest BCUT2D eigenvalue weighted by Crippen LogP contribution is -2.39. The van der Waals surface area contributed by atoms with Crippen LogP contribution in [-0.2, 0) is 0 Å². The van der Waals surface area contributed by atoms with Crippen LogP contribution in [0.25, 0.3) is 0 Å². The van der Waals surface area contributed by atoms with Crippen molar-refractivity contribution in [2.45, 2.75) is 64.8 Å². The zero-order valence-electron chi connectivity index (χ0n) is 11.8. The first kappa shape index (κ1) is 13.4. The minimum absolute atomic E-state index is 0.126. The molecule has 0 aromatic carbocycles. The third kappa shape index (κ3) is 3.45. The molecule has 0 heterocycles. The van der Waals surface area contributed by atoms with Crippen LogP contribution in [0, 0.1) is 17.3 Å². The molecule has 2 nitrogen and oxygen atoms in total. The lowest BCUT2D eigenvalue weighted by molar-refractivity contribution is 0.143. The number of rotatable bonds is 4. The fraction of sp³-hybridized carbons (Fsp3) is 1.00. The van der Waals surface area contributed by atoms with Crippen molar-refractivity contribution >= 4 is 0 Å². The predicted octanol–water partition coefficient (Wildman–Crippen LogP) is 2.95. The van der Waals surface area contributed by atoms with Crippen molar-refractivity contribution in [3.05, 3.63) is 0 Å². The zero-order valence-corrected chi connectivity index (χ0v) is 11.8. The van der Waals surface area contributed by atoms with E-state index in [1.807, 2.05) is 0 Å². The molecular weight excluding hydrogens is 210 g/mol. The van der Waals surface area contributed by atoms with Gasteiger partial charge in [0.25, 0.3) is 0 Å². The van der Waals surface area contributed by atoms with Crippen LogP contribution >= 0.6 is 0 Å². The molecule has 100 valence electrons. The Labute approximate surface area is 106 Å². The molecule has 2 N–H and O–H groups in total. The molecule has 0 spiro atoms. The third-order valence-electron chi connectivity index (χ3n) is 4.99. The van der Waals surface area contributed by atoms with Crippen LogP contribution in [0.4, 0.5) is 0 Å². The summed E-state index contributed by atoms with van der Waals surface area (Å²) in [5, 5.41) is 12.9. The molecule has 0 amide bonds. The Kier molecular flexibility index (Phi) is 3.84. The normalized spacial score (nSPS) is 32.5. The Morgan fingerprint density at radius 2 is 1.71 bits per heavy atom. The van der Waals surface area contributed by atoms with Gasteiger partial charge in [0.2, 0.25) is 0 Å². The summed E-state index contributed by atoms with van der Waals surface area (Å²) in [5.74, 6) is 1.75. The molecule has 2 rings (SSSR count). The minimum atomic E-state index is 0.126. The molecule has 0 saturated heterocycles. The quantitative estimate of drug-likeness (QED) is 0.790. The smallest absolute Gasteiger partial charge is 0.0613 e. The molecule has 0 unspecified atom stereocenters. The Morgan fingerprint density at radius 3 is 2.12 bits per heavy atom. The van der Waals surface area contributed by atoms with Crippen LogP contribution < -0.4 is 5.32 Å². The van der Waals surface area contributed by atoms with Crippen molar-refractivity contribution in [1.82, 2.24) is 5.32 Å². The predicted molar refractivity (Wildman–Crippen MR) is 72.0 cm³/mol. The fourth-order valence-corrected chi connectivity index (χ4v) is 3.14. The van der Waals surface area contributed by atoms with Crippen molar-refractivity contribution in [2.24, 2.45) is 17.3 Å². The second kappa shape index (κ2) is 4.89. The van der Waals surface area contributed by atoms with E-state index in [1.165, 1.54) is 38.5 Å². The monoisotopic (exact) mass is 239 g/mol. The molecule has 2 heteroatoms. The van der Waals surface area contributed by atoms with Crippen LogP contribution in [0.15, 0.2) is 0 Å². The highest BCUT2D eigenvalue weighted by Crippen LogP contribution is 2.40. The maximum absolute atomic E-state index is 9.27. The number of aliphatic hydroxyl groups is 1. The van der Waals surface area contributed by atoms with Gasteiger partial charge < -0.3 is 10.4 Å². The summed E-state index contributed by atoms with van der Waals surface area (Å²) in [6, 6.07) is 0. The van der Waals surface area contributed by atoms with E-state index in [0.29, 0.717) is 12.0 Å². The Bertz CT molecular complexity index is 244. The van der Waals surface area contributed by atoms with E-state index in [4.69, 9.17) is 0 Å². The van der Waals surface area contributed by atoms with Crippen molar-refractivity contribution in [2.75, 3.05) is 13.2 Å². The first-order chi connectivity index (χ1) is 7.95. The van der Waals surface area contributed by atoms with Gasteiger partial charge in [-0.15, -0.1) is 0 Å². The second-order valence-corrected chi connectivity index (χ2v) is 7.40. The summed E-state index contributed by atoms with van der Waals surface area (Å²) in [5.41, 5.74) is 0.613. The zero-order chi connectivity index (χ0) is 12.5. The summed E-state index contributed by atoms with van der Waals surface area (Å²) >= 11 is 0. The molecule has 17 heavy (non-hydrogen) atoms. The van der Waals surface area contributed by atoms with Gasteiger partial charge in [-0.2, -0.15) is 0 Å². The van der Waals surface area contributed by atoms with Crippen LogP contribution in [0.3, 0.4) is 0 Å². The Morgan fingerprint density at radius 1 is 1.12 bits per heavy atom. The summed E-state index contributed by atoms with van der Waals surface area (Å²) < 4.78 is 0. The van der Waals surface area contributed by atoms with Gasteiger partial charge in [0, 0.05) is 5.54 Å². The summed E-state index contributed by atoms with van der Waals surface area (Å²) in [4.78, 5) is 0. The summed E-state index contributed by atoms with van der Waals surface area (Å²) in [6.45, 7) is 8.57. The SMILES string of the molecule is CC(C)(C)C1CCC(CNC2(CO)CC2)CC1. The molecule has 2 aliphatic rings. The van der Waals surface area contributed by atoms with E-state index in [2.05, 4.69) is 26.1 Å². The van der Waals surface area contributed by atoms with E-state index < -0.39 is 0 Å². The molecule has 2 saturated carbocycles. The van der Waals surface area contributed by atoms with Crippen molar-refractivity contribution in [3.63, 3.8) is 0 Å². The van der Waals surface area contributed by atoms with Crippen LogP contribution in [0.2, 0.25) is 0 Å². The van der Waals surface area contributed by atoms with E-state index in [-0.39, 0.29) is 5.54 Å². The number of aliphatic hydroxyl groups excluding tert-OH is 1. The minimum Gasteiger partial charge on any atom is -0.394 e. The number of nitrogens with one attached hydrogen (secondary N) is 1. The van der Waals surface area contributed by atoms with Crippen molar-refractivity contribution in [3.8, 4) is 0 Å². The number of hydrogen-bond donors (Lipinski definition) is 2. The largest absolute Gasteiger partial charge is 0.394 e. The van der Waals surface area contributed by atoms with Crippen LogP contribution in [0.5, 0.6) is 0 Å². The Hall–Kier alpha value is -0.0800. The van der Waals surface area contributed by atoms with Gasteiger partial charge in [0.15, 0.2) is 0 Å². The summed E-state index contributed by atoms with van der Waals surface area (Å²) in [7, 11) is 0. The van der Waals surface area contributed by atoms with E-state index in [1.54, 1.807) is 0 Å². The molecule has 0 aromatic heterocycles. The van der Waals surface area contributed by atoms with Gasteiger partial charge in [0.05, 0.1) is 6.61 Å². The molecule has 2 fully saturated rings. The maximum atomic E-state index is 9.27. The number of hydrogen-bond acceptors (Lipinski definition) is 2. The van der Waals surface area contributed by atoms with E-state index in [0.717, 1.165) is 18.4 Å². The highest BCUT2D eigenvalue weighted by molar-refractivity contribution is 5.01. The van der Waals surface area contributed by atoms with E-state index in [9.17, 15) is 5.11 Å². The average Bonchev–Trinajstić information content (AvgIpc) is 3.06. The van der Waals surface area contributed by atoms with Crippen LogP contribution in [-0.4, -0.2) is 23.8 Å². The van der Waals surface area contributed by atoms with Gasteiger partial charge in [0.1, 0.15) is 0 Å².